The van der Waals surface area contributed by atoms with E-state index in [9.17, 15) is 4.39 Å². The van der Waals surface area contributed by atoms with Gasteiger partial charge in [0.05, 0.1) is 10.9 Å². The third-order valence-electron chi connectivity index (χ3n) is 6.35. The lowest BCUT2D eigenvalue weighted by Crippen LogP contribution is -2.12. The number of pyridine rings is 2. The highest BCUT2D eigenvalue weighted by atomic mass is 19.1. The van der Waals surface area contributed by atoms with E-state index in [2.05, 4.69) is 62.5 Å². The third-order valence-corrected chi connectivity index (χ3v) is 6.35. The van der Waals surface area contributed by atoms with Gasteiger partial charge in [0.15, 0.2) is 17.1 Å². The second kappa shape index (κ2) is 10.9. The molecular formula is C31H30FN7. The van der Waals surface area contributed by atoms with Gasteiger partial charge in [0.1, 0.15) is 11.5 Å². The Morgan fingerprint density at radius 3 is 2.69 bits per heavy atom. The fourth-order valence-electron chi connectivity index (χ4n) is 4.57. The van der Waals surface area contributed by atoms with Crippen molar-refractivity contribution in [3.8, 4) is 22.6 Å². The summed E-state index contributed by atoms with van der Waals surface area (Å²) in [5.41, 5.74) is 7.18. The molecule has 5 rings (SSSR count). The maximum Gasteiger partial charge on any atom is 0.181 e. The molecule has 7 nitrogen and oxygen atoms in total. The molecule has 4 heterocycles. The number of allylic oxidation sites excluding steroid dienone is 5. The van der Waals surface area contributed by atoms with Gasteiger partial charge in [0.25, 0.3) is 0 Å². The number of rotatable bonds is 9. The van der Waals surface area contributed by atoms with E-state index in [-0.39, 0.29) is 5.82 Å². The van der Waals surface area contributed by atoms with Crippen LogP contribution in [0.3, 0.4) is 0 Å². The monoisotopic (exact) mass is 519 g/mol. The van der Waals surface area contributed by atoms with Crippen molar-refractivity contribution >= 4 is 27.8 Å². The Balaban J connectivity index is 1.54. The number of hydrogen-bond donors (Lipinski definition) is 3. The van der Waals surface area contributed by atoms with Crippen LogP contribution in [0.25, 0.3) is 50.4 Å². The predicted octanol–water partition coefficient (Wildman–Crippen LogP) is 7.32. The second-order valence-corrected chi connectivity index (χ2v) is 9.69. The Bertz CT molecular complexity index is 1750. The van der Waals surface area contributed by atoms with E-state index in [0.717, 1.165) is 34.3 Å². The van der Waals surface area contributed by atoms with Crippen LogP contribution in [0.5, 0.6) is 0 Å². The van der Waals surface area contributed by atoms with Gasteiger partial charge in [-0.15, -0.1) is 0 Å². The van der Waals surface area contributed by atoms with E-state index in [0.29, 0.717) is 45.4 Å². The molecule has 0 bridgehead atoms. The number of benzene rings is 1. The van der Waals surface area contributed by atoms with Crippen molar-refractivity contribution < 1.29 is 4.39 Å². The van der Waals surface area contributed by atoms with E-state index < -0.39 is 0 Å². The van der Waals surface area contributed by atoms with E-state index in [1.807, 2.05) is 25.1 Å². The number of fused-ring (bicyclic) bond motifs is 2. The molecule has 0 aliphatic carbocycles. The van der Waals surface area contributed by atoms with Crippen molar-refractivity contribution in [3.63, 3.8) is 0 Å². The average Bonchev–Trinajstić information content (AvgIpc) is 3.54. The molecule has 0 saturated carbocycles. The molecule has 1 aromatic carbocycles. The van der Waals surface area contributed by atoms with Gasteiger partial charge in [-0.25, -0.2) is 19.3 Å². The van der Waals surface area contributed by atoms with Crippen molar-refractivity contribution in [2.24, 2.45) is 5.92 Å². The first kappa shape index (κ1) is 25.8. The minimum absolute atomic E-state index is 0.310. The van der Waals surface area contributed by atoms with E-state index >= 15 is 0 Å². The molecule has 39 heavy (non-hydrogen) atoms. The molecule has 0 fully saturated rings. The normalized spacial score (nSPS) is 12.4. The molecule has 3 N–H and O–H groups in total. The Kier molecular flexibility index (Phi) is 7.19. The number of nitrogens with one attached hydrogen (secondary N) is 3. The number of halogens is 1. The summed E-state index contributed by atoms with van der Waals surface area (Å²) < 4.78 is 14.6. The summed E-state index contributed by atoms with van der Waals surface area (Å²) in [5.74, 6) is 0.730. The molecule has 0 aliphatic rings. The topological polar surface area (TPSA) is 95.2 Å². The summed E-state index contributed by atoms with van der Waals surface area (Å²) in [6.45, 7) is 14.4. The molecule has 0 atom stereocenters. The molecule has 0 saturated heterocycles. The van der Waals surface area contributed by atoms with E-state index in [1.54, 1.807) is 42.7 Å². The van der Waals surface area contributed by atoms with Gasteiger partial charge in [0.2, 0.25) is 0 Å². The van der Waals surface area contributed by atoms with Crippen molar-refractivity contribution in [2.75, 3.05) is 0 Å². The largest absolute Gasteiger partial charge is 0.359 e. The van der Waals surface area contributed by atoms with Gasteiger partial charge < -0.3 is 10.3 Å². The number of hydrogen-bond acceptors (Lipinski definition) is 5. The van der Waals surface area contributed by atoms with Crippen LogP contribution in [0, 0.1) is 11.7 Å². The molecule has 0 spiro atoms. The number of nitrogens with zero attached hydrogens (tertiary/aromatic N) is 4. The van der Waals surface area contributed by atoms with Crippen LogP contribution in [0.2, 0.25) is 0 Å². The summed E-state index contributed by atoms with van der Waals surface area (Å²) in [5, 5.41) is 11.6. The zero-order valence-electron chi connectivity index (χ0n) is 22.2. The summed E-state index contributed by atoms with van der Waals surface area (Å²) in [7, 11) is 0. The fourth-order valence-corrected chi connectivity index (χ4v) is 4.57. The van der Waals surface area contributed by atoms with Gasteiger partial charge in [0, 0.05) is 40.5 Å². The van der Waals surface area contributed by atoms with Crippen LogP contribution in [0.4, 0.5) is 4.39 Å². The molecule has 0 aliphatic heterocycles. The minimum Gasteiger partial charge on any atom is -0.359 e. The first-order chi connectivity index (χ1) is 18.9. The van der Waals surface area contributed by atoms with Crippen LogP contribution in [0.15, 0.2) is 91.6 Å². The standard InChI is InChI=1S/C31H30FN7/c1-6-20(15-22(7-2)35-19(5)14-18(3)4)21-16-25-28(38-39-29(25)34-17-21)31-36-27-24(12-13-33-30(27)37-31)23-10-8-9-11-26(23)32/h6-13,15-18,35H,2,5,14H2,1,3-4H3,(H,33,36,37)(H,34,38,39)/b20-6+,22-15+. The Labute approximate surface area is 226 Å². The SMILES string of the molecule is C=C/C(=C\C(=C/C)c1cnc2n[nH]c(-c3nc4nccc(-c5ccccc5F)c4[nH]3)c2c1)NC(=C)CC(C)C. The smallest absolute Gasteiger partial charge is 0.181 e. The minimum atomic E-state index is -0.310. The van der Waals surface area contributed by atoms with Gasteiger partial charge in [-0.3, -0.25) is 5.10 Å². The zero-order chi connectivity index (χ0) is 27.5. The molecule has 4 aromatic heterocycles. The molecule has 8 heteroatoms. The number of aromatic amines is 2. The van der Waals surface area contributed by atoms with Crippen LogP contribution in [-0.4, -0.2) is 30.1 Å². The van der Waals surface area contributed by atoms with Gasteiger partial charge >= 0.3 is 0 Å². The number of H-pyrrole nitrogens is 2. The highest BCUT2D eigenvalue weighted by Crippen LogP contribution is 2.32. The lowest BCUT2D eigenvalue weighted by atomic mass is 10.0. The first-order valence-electron chi connectivity index (χ1n) is 12.8. The highest BCUT2D eigenvalue weighted by molar-refractivity contribution is 5.96. The summed E-state index contributed by atoms with van der Waals surface area (Å²) in [6.07, 6.45) is 10.1. The average molecular weight is 520 g/mol. The Morgan fingerprint density at radius 2 is 1.95 bits per heavy atom. The van der Waals surface area contributed by atoms with Gasteiger partial charge in [-0.2, -0.15) is 5.10 Å². The van der Waals surface area contributed by atoms with Gasteiger partial charge in [-0.05, 0) is 55.2 Å². The summed E-state index contributed by atoms with van der Waals surface area (Å²) in [4.78, 5) is 17.0. The second-order valence-electron chi connectivity index (χ2n) is 9.69. The van der Waals surface area contributed by atoms with Crippen molar-refractivity contribution in [1.29, 1.82) is 0 Å². The van der Waals surface area contributed by atoms with Gasteiger partial charge in [-0.1, -0.05) is 51.3 Å². The molecule has 0 amide bonds. The predicted molar refractivity (Wildman–Crippen MR) is 156 cm³/mol. The quantitative estimate of drug-likeness (QED) is 0.177. The molecule has 196 valence electrons. The fraction of sp³-hybridized carbons (Fsp3) is 0.161. The Morgan fingerprint density at radius 1 is 1.13 bits per heavy atom. The van der Waals surface area contributed by atoms with Crippen LogP contribution >= 0.6 is 0 Å². The van der Waals surface area contributed by atoms with E-state index in [1.165, 1.54) is 6.07 Å². The van der Waals surface area contributed by atoms with Crippen molar-refractivity contribution in [2.45, 2.75) is 27.2 Å². The van der Waals surface area contributed by atoms with Crippen molar-refractivity contribution in [3.05, 3.63) is 103 Å². The zero-order valence-corrected chi connectivity index (χ0v) is 22.2. The first-order valence-corrected chi connectivity index (χ1v) is 12.8. The van der Waals surface area contributed by atoms with Crippen molar-refractivity contribution in [1.82, 2.24) is 35.5 Å². The maximum absolute atomic E-state index is 14.6. The number of aromatic nitrogens is 6. The Hall–Kier alpha value is -4.85. The molecule has 0 radical (unpaired) electrons. The van der Waals surface area contributed by atoms with Crippen LogP contribution < -0.4 is 5.32 Å². The lowest BCUT2D eigenvalue weighted by Gasteiger charge is -2.13. The summed E-state index contributed by atoms with van der Waals surface area (Å²) >= 11 is 0. The summed E-state index contributed by atoms with van der Waals surface area (Å²) in [6, 6.07) is 10.5. The third kappa shape index (κ3) is 5.27. The number of imidazole rings is 1. The lowest BCUT2D eigenvalue weighted by molar-refractivity contribution is 0.622. The highest BCUT2D eigenvalue weighted by Gasteiger charge is 2.17. The maximum atomic E-state index is 14.6. The molecule has 5 aromatic rings. The van der Waals surface area contributed by atoms with E-state index in [4.69, 9.17) is 0 Å². The molecule has 0 unspecified atom stereocenters. The van der Waals surface area contributed by atoms with Crippen LogP contribution in [-0.2, 0) is 0 Å². The van der Waals surface area contributed by atoms with Crippen LogP contribution in [0.1, 0.15) is 32.8 Å². The molecular weight excluding hydrogens is 489 g/mol.